The van der Waals surface area contributed by atoms with Gasteiger partial charge in [0.25, 0.3) is 11.5 Å². The third-order valence-corrected chi connectivity index (χ3v) is 7.15. The second kappa shape index (κ2) is 8.88. The quantitative estimate of drug-likeness (QED) is 0.503. The minimum atomic E-state index is -0.341. The third-order valence-electron chi connectivity index (χ3n) is 5.78. The molecule has 0 spiro atoms. The molecule has 2 aliphatic heterocycles. The summed E-state index contributed by atoms with van der Waals surface area (Å²) in [7, 11) is 1.66. The van der Waals surface area contributed by atoms with Crippen LogP contribution in [0.15, 0.2) is 34.0 Å². The number of hydrogen-bond donors (Lipinski definition) is 0. The molecule has 0 atom stereocenters. The van der Waals surface area contributed by atoms with Gasteiger partial charge in [-0.3, -0.25) is 19.1 Å². The standard InChI is InChI=1S/C23H21FN4O2S2/c1-14-17(20(27-9-3-4-10-27)26(2)21(29)18(14)12-25)11-19-22(30)28(23(31)32-19)13-15-5-7-16(24)8-6-15/h5-8,11H,3-4,9-10,13H2,1-2H3/b19-11-. The summed E-state index contributed by atoms with van der Waals surface area (Å²) in [5.41, 5.74) is 1.75. The lowest BCUT2D eigenvalue weighted by atomic mass is 10.0. The van der Waals surface area contributed by atoms with Crippen LogP contribution < -0.4 is 10.5 Å². The van der Waals surface area contributed by atoms with E-state index in [1.54, 1.807) is 32.2 Å². The first-order valence-corrected chi connectivity index (χ1v) is 11.4. The van der Waals surface area contributed by atoms with E-state index in [2.05, 4.69) is 4.90 Å². The predicted octanol–water partition coefficient (Wildman–Crippen LogP) is 3.71. The van der Waals surface area contributed by atoms with Crippen LogP contribution in [0.4, 0.5) is 10.2 Å². The van der Waals surface area contributed by atoms with Gasteiger partial charge in [-0.2, -0.15) is 5.26 Å². The fraction of sp³-hybridized carbons (Fsp3) is 0.304. The van der Waals surface area contributed by atoms with Crippen molar-refractivity contribution in [2.24, 2.45) is 7.05 Å². The van der Waals surface area contributed by atoms with Crippen LogP contribution in [-0.4, -0.2) is 32.8 Å². The van der Waals surface area contributed by atoms with Gasteiger partial charge in [0.15, 0.2) is 0 Å². The molecule has 0 aliphatic carbocycles. The molecule has 6 nitrogen and oxygen atoms in total. The van der Waals surface area contributed by atoms with Crippen LogP contribution in [0.25, 0.3) is 6.08 Å². The zero-order chi connectivity index (χ0) is 23.0. The molecule has 32 heavy (non-hydrogen) atoms. The summed E-state index contributed by atoms with van der Waals surface area (Å²) < 4.78 is 15.1. The van der Waals surface area contributed by atoms with Gasteiger partial charge >= 0.3 is 0 Å². The van der Waals surface area contributed by atoms with Gasteiger partial charge in [0.2, 0.25) is 0 Å². The molecule has 0 bridgehead atoms. The van der Waals surface area contributed by atoms with Crippen molar-refractivity contribution < 1.29 is 9.18 Å². The summed E-state index contributed by atoms with van der Waals surface area (Å²) in [4.78, 5) is 30.0. The fourth-order valence-corrected chi connectivity index (χ4v) is 5.30. The molecule has 0 radical (unpaired) electrons. The van der Waals surface area contributed by atoms with Crippen molar-refractivity contribution in [1.82, 2.24) is 9.47 Å². The Hall–Kier alpha value is -2.96. The number of carbonyl (C=O) groups is 1. The largest absolute Gasteiger partial charge is 0.357 e. The molecule has 2 aromatic rings. The van der Waals surface area contributed by atoms with Crippen LogP contribution in [-0.2, 0) is 18.4 Å². The summed E-state index contributed by atoms with van der Waals surface area (Å²) >= 11 is 6.63. The highest BCUT2D eigenvalue weighted by Gasteiger charge is 2.33. The van der Waals surface area contributed by atoms with Gasteiger partial charge in [0.05, 0.1) is 11.4 Å². The van der Waals surface area contributed by atoms with E-state index < -0.39 is 0 Å². The van der Waals surface area contributed by atoms with Crippen LogP contribution in [0, 0.1) is 24.1 Å². The first-order valence-electron chi connectivity index (χ1n) is 10.2. The molecule has 0 unspecified atom stereocenters. The minimum Gasteiger partial charge on any atom is -0.357 e. The lowest BCUT2D eigenvalue weighted by Gasteiger charge is -2.25. The van der Waals surface area contributed by atoms with E-state index in [4.69, 9.17) is 12.2 Å². The molecule has 3 heterocycles. The lowest BCUT2D eigenvalue weighted by Crippen LogP contribution is -2.31. The van der Waals surface area contributed by atoms with Crippen LogP contribution >= 0.6 is 24.0 Å². The van der Waals surface area contributed by atoms with E-state index in [-0.39, 0.29) is 29.4 Å². The van der Waals surface area contributed by atoms with Crippen molar-refractivity contribution in [2.75, 3.05) is 18.0 Å². The highest BCUT2D eigenvalue weighted by molar-refractivity contribution is 8.26. The second-order valence-corrected chi connectivity index (χ2v) is 9.48. The van der Waals surface area contributed by atoms with Crippen molar-refractivity contribution in [3.05, 3.63) is 67.6 Å². The Morgan fingerprint density at radius 2 is 1.88 bits per heavy atom. The number of rotatable bonds is 4. The molecule has 2 saturated heterocycles. The van der Waals surface area contributed by atoms with Crippen LogP contribution in [0.2, 0.25) is 0 Å². The summed E-state index contributed by atoms with van der Waals surface area (Å²) in [5, 5.41) is 9.56. The Morgan fingerprint density at radius 3 is 2.50 bits per heavy atom. The zero-order valence-electron chi connectivity index (χ0n) is 17.7. The molecule has 0 N–H and O–H groups in total. The van der Waals surface area contributed by atoms with E-state index in [0.717, 1.165) is 31.5 Å². The monoisotopic (exact) mass is 468 g/mol. The number of thiocarbonyl (C=S) groups is 1. The number of carbonyl (C=O) groups excluding carboxylic acids is 1. The van der Waals surface area contributed by atoms with E-state index in [9.17, 15) is 19.2 Å². The number of amides is 1. The number of thioether (sulfide) groups is 1. The number of pyridine rings is 1. The Kier molecular flexibility index (Phi) is 6.17. The topological polar surface area (TPSA) is 69.3 Å². The number of aromatic nitrogens is 1. The molecule has 1 aromatic carbocycles. The minimum absolute atomic E-state index is 0.0727. The molecule has 1 amide bonds. The number of nitriles is 1. The van der Waals surface area contributed by atoms with Crippen LogP contribution in [0.5, 0.6) is 0 Å². The lowest BCUT2D eigenvalue weighted by molar-refractivity contribution is -0.122. The summed E-state index contributed by atoms with van der Waals surface area (Å²) in [6, 6.07) is 7.96. The van der Waals surface area contributed by atoms with Gasteiger partial charge in [-0.1, -0.05) is 36.1 Å². The smallest absolute Gasteiger partial charge is 0.270 e. The molecular formula is C23H21FN4O2S2. The van der Waals surface area contributed by atoms with Gasteiger partial charge in [0, 0.05) is 25.7 Å². The third kappa shape index (κ3) is 3.96. The average molecular weight is 469 g/mol. The number of hydrogen-bond acceptors (Lipinski definition) is 6. The summed E-state index contributed by atoms with van der Waals surface area (Å²) in [5.74, 6) is 0.128. The maximum Gasteiger partial charge on any atom is 0.270 e. The van der Waals surface area contributed by atoms with Crippen molar-refractivity contribution in [3.8, 4) is 6.07 Å². The Bertz CT molecular complexity index is 1240. The normalized spacial score (nSPS) is 17.5. The molecule has 4 rings (SSSR count). The molecule has 2 fully saturated rings. The fourth-order valence-electron chi connectivity index (χ4n) is 4.06. The first kappa shape index (κ1) is 22.2. The summed E-state index contributed by atoms with van der Waals surface area (Å²) in [6.45, 7) is 3.61. The number of nitrogens with zero attached hydrogens (tertiary/aromatic N) is 4. The van der Waals surface area contributed by atoms with Gasteiger partial charge in [0.1, 0.15) is 27.6 Å². The Labute approximate surface area is 194 Å². The van der Waals surface area contributed by atoms with Crippen LogP contribution in [0.3, 0.4) is 0 Å². The SMILES string of the molecule is Cc1c(/C=C2\SC(=S)N(Cc3ccc(F)cc3)C2=O)c(N2CCCC2)n(C)c(=O)c1C#N. The Morgan fingerprint density at radius 1 is 1.22 bits per heavy atom. The van der Waals surface area contributed by atoms with Gasteiger partial charge in [-0.25, -0.2) is 4.39 Å². The number of halogens is 1. The number of benzene rings is 1. The molecular weight excluding hydrogens is 447 g/mol. The highest BCUT2D eigenvalue weighted by atomic mass is 32.2. The predicted molar refractivity (Wildman–Crippen MR) is 128 cm³/mol. The molecule has 164 valence electrons. The molecule has 1 aromatic heterocycles. The Balaban J connectivity index is 1.76. The van der Waals surface area contributed by atoms with Crippen molar-refractivity contribution in [3.63, 3.8) is 0 Å². The maximum absolute atomic E-state index is 13.2. The number of anilines is 1. The molecule has 2 aliphatic rings. The van der Waals surface area contributed by atoms with Gasteiger partial charge in [-0.05, 0) is 49.1 Å². The van der Waals surface area contributed by atoms with Crippen molar-refractivity contribution in [2.45, 2.75) is 26.3 Å². The molecule has 9 heteroatoms. The van der Waals surface area contributed by atoms with E-state index >= 15 is 0 Å². The van der Waals surface area contributed by atoms with Crippen molar-refractivity contribution in [1.29, 1.82) is 5.26 Å². The maximum atomic E-state index is 13.2. The van der Waals surface area contributed by atoms with E-state index in [0.29, 0.717) is 26.2 Å². The van der Waals surface area contributed by atoms with E-state index in [1.807, 2.05) is 6.07 Å². The highest BCUT2D eigenvalue weighted by Crippen LogP contribution is 2.37. The average Bonchev–Trinajstić information content (AvgIpc) is 3.38. The van der Waals surface area contributed by atoms with Gasteiger partial charge in [-0.15, -0.1) is 0 Å². The first-order chi connectivity index (χ1) is 15.3. The van der Waals surface area contributed by atoms with Crippen molar-refractivity contribution >= 4 is 46.1 Å². The van der Waals surface area contributed by atoms with Gasteiger partial charge < -0.3 is 4.90 Å². The van der Waals surface area contributed by atoms with Crippen LogP contribution in [0.1, 0.15) is 35.1 Å². The zero-order valence-corrected chi connectivity index (χ0v) is 19.4. The molecule has 0 saturated carbocycles. The van der Waals surface area contributed by atoms with E-state index in [1.165, 1.54) is 33.4 Å². The second-order valence-electron chi connectivity index (χ2n) is 7.80. The summed E-state index contributed by atoms with van der Waals surface area (Å²) in [6.07, 6.45) is 3.78.